The molecule has 30 heavy (non-hydrogen) atoms. The van der Waals surface area contributed by atoms with Crippen LogP contribution in [0.1, 0.15) is 17.3 Å². The number of rotatable bonds is 4. The molecule has 0 radical (unpaired) electrons. The average Bonchev–Trinajstić information content (AvgIpc) is 3.05. The Morgan fingerprint density at radius 3 is 2.43 bits per heavy atom. The molecule has 1 unspecified atom stereocenters. The molecule has 6 nitrogen and oxygen atoms in total. The number of nitrogens with zero attached hydrogens (tertiary/aromatic N) is 2. The fraction of sp³-hybridized carbons (Fsp3) is 0.0870. The number of hydrogen-bond acceptors (Lipinski definition) is 5. The number of ketones is 1. The molecule has 150 valence electrons. The smallest absolute Gasteiger partial charge is 0.300 e. The van der Waals surface area contributed by atoms with E-state index in [-0.39, 0.29) is 11.3 Å². The molecule has 7 heteroatoms. The molecule has 1 aromatic heterocycles. The van der Waals surface area contributed by atoms with Gasteiger partial charge in [-0.3, -0.25) is 19.5 Å². The van der Waals surface area contributed by atoms with E-state index in [1.54, 1.807) is 66.9 Å². The van der Waals surface area contributed by atoms with E-state index >= 15 is 0 Å². The summed E-state index contributed by atoms with van der Waals surface area (Å²) in [6.07, 6.45) is 1.59. The number of Topliss-reactive ketones (excluding diaryl/α,β-unsaturated/α-hetero) is 1. The van der Waals surface area contributed by atoms with Crippen LogP contribution in [0.4, 0.5) is 5.69 Å². The molecular formula is C23H17BrN2O4. The van der Waals surface area contributed by atoms with Crippen LogP contribution in [0.25, 0.3) is 5.76 Å². The van der Waals surface area contributed by atoms with E-state index in [1.165, 1.54) is 12.0 Å². The van der Waals surface area contributed by atoms with Gasteiger partial charge in [0.15, 0.2) is 0 Å². The molecular weight excluding hydrogens is 448 g/mol. The maximum absolute atomic E-state index is 13.0. The number of anilines is 1. The fourth-order valence-corrected chi connectivity index (χ4v) is 4.01. The second-order valence-electron chi connectivity index (χ2n) is 6.61. The lowest BCUT2D eigenvalue weighted by Gasteiger charge is -2.24. The maximum atomic E-state index is 13.0. The molecule has 0 spiro atoms. The lowest BCUT2D eigenvalue weighted by atomic mass is 9.98. The first-order valence-corrected chi connectivity index (χ1v) is 9.93. The number of aliphatic hydroxyl groups excluding tert-OH is 1. The molecule has 4 rings (SSSR count). The molecule has 1 saturated heterocycles. The second kappa shape index (κ2) is 8.12. The highest BCUT2D eigenvalue weighted by molar-refractivity contribution is 9.10. The molecule has 1 aliphatic rings. The molecule has 1 atom stereocenters. The van der Waals surface area contributed by atoms with Gasteiger partial charge in [0.25, 0.3) is 11.7 Å². The SMILES string of the molecule is COc1ccc(/C(O)=C2/C(=O)C(=O)N(c3ccccc3)C2c2ccccn2)cc1Br. The van der Waals surface area contributed by atoms with Crippen LogP contribution in [-0.4, -0.2) is 28.9 Å². The summed E-state index contributed by atoms with van der Waals surface area (Å²) >= 11 is 3.39. The predicted molar refractivity (Wildman–Crippen MR) is 116 cm³/mol. The molecule has 1 fully saturated rings. The third-order valence-corrected chi connectivity index (χ3v) is 5.49. The van der Waals surface area contributed by atoms with E-state index in [1.807, 2.05) is 6.07 Å². The summed E-state index contributed by atoms with van der Waals surface area (Å²) in [4.78, 5) is 31.7. The van der Waals surface area contributed by atoms with E-state index in [4.69, 9.17) is 4.74 Å². The number of aromatic nitrogens is 1. The highest BCUT2D eigenvalue weighted by atomic mass is 79.9. The normalized spacial score (nSPS) is 17.9. The first kappa shape index (κ1) is 19.8. The number of benzene rings is 2. The second-order valence-corrected chi connectivity index (χ2v) is 7.46. The van der Waals surface area contributed by atoms with E-state index in [2.05, 4.69) is 20.9 Å². The van der Waals surface area contributed by atoms with Crippen LogP contribution in [0.2, 0.25) is 0 Å². The van der Waals surface area contributed by atoms with Gasteiger partial charge >= 0.3 is 0 Å². The minimum atomic E-state index is -0.852. The van der Waals surface area contributed by atoms with Crippen LogP contribution in [0, 0.1) is 0 Å². The Hall–Kier alpha value is -3.45. The number of hydrogen-bond donors (Lipinski definition) is 1. The van der Waals surface area contributed by atoms with Crippen molar-refractivity contribution < 1.29 is 19.4 Å². The third kappa shape index (κ3) is 3.37. The lowest BCUT2D eigenvalue weighted by molar-refractivity contribution is -0.132. The Kier molecular flexibility index (Phi) is 5.37. The largest absolute Gasteiger partial charge is 0.507 e. The minimum absolute atomic E-state index is 0.0142. The highest BCUT2D eigenvalue weighted by Gasteiger charge is 2.47. The Bertz CT molecular complexity index is 1150. The van der Waals surface area contributed by atoms with Crippen LogP contribution in [-0.2, 0) is 9.59 Å². The van der Waals surface area contributed by atoms with Crippen LogP contribution in [0.15, 0.2) is 83.0 Å². The summed E-state index contributed by atoms with van der Waals surface area (Å²) in [6.45, 7) is 0. The summed E-state index contributed by atoms with van der Waals surface area (Å²) in [6, 6.07) is 18.2. The topological polar surface area (TPSA) is 79.7 Å². The number of carbonyl (C=O) groups excluding carboxylic acids is 2. The quantitative estimate of drug-likeness (QED) is 0.349. The van der Waals surface area contributed by atoms with E-state index in [0.29, 0.717) is 27.2 Å². The minimum Gasteiger partial charge on any atom is -0.507 e. The van der Waals surface area contributed by atoms with Crippen LogP contribution >= 0.6 is 15.9 Å². The van der Waals surface area contributed by atoms with E-state index < -0.39 is 17.7 Å². The van der Waals surface area contributed by atoms with Gasteiger partial charge in [0.1, 0.15) is 17.6 Å². The molecule has 0 saturated carbocycles. The molecule has 2 aromatic carbocycles. The van der Waals surface area contributed by atoms with Crippen LogP contribution in [0.3, 0.4) is 0 Å². The summed E-state index contributed by atoms with van der Waals surface area (Å²) in [7, 11) is 1.53. The van der Waals surface area contributed by atoms with Gasteiger partial charge in [0, 0.05) is 17.4 Å². The van der Waals surface area contributed by atoms with E-state index in [0.717, 1.165) is 0 Å². The van der Waals surface area contributed by atoms with Crippen molar-refractivity contribution in [2.45, 2.75) is 6.04 Å². The van der Waals surface area contributed by atoms with Gasteiger partial charge in [0.05, 0.1) is 22.8 Å². The van der Waals surface area contributed by atoms with Gasteiger partial charge in [-0.25, -0.2) is 0 Å². The standard InChI is InChI=1S/C23H17BrN2O4/c1-30-18-11-10-14(13-16(18)24)21(27)19-20(17-9-5-6-12-25-17)26(23(29)22(19)28)15-7-3-2-4-8-15/h2-13,20,27H,1H3/b21-19-. The molecule has 1 amide bonds. The Labute approximate surface area is 181 Å². The van der Waals surface area contributed by atoms with Gasteiger partial charge in [-0.1, -0.05) is 24.3 Å². The van der Waals surface area contributed by atoms with Crippen molar-refractivity contribution in [2.24, 2.45) is 0 Å². The monoisotopic (exact) mass is 464 g/mol. The van der Waals surface area contributed by atoms with Crippen molar-refractivity contribution in [3.8, 4) is 5.75 Å². The number of halogens is 1. The van der Waals surface area contributed by atoms with Crippen LogP contribution < -0.4 is 9.64 Å². The molecule has 0 bridgehead atoms. The van der Waals surface area contributed by atoms with Crippen LogP contribution in [0.5, 0.6) is 5.75 Å². The number of para-hydroxylation sites is 1. The van der Waals surface area contributed by atoms with Gasteiger partial charge in [-0.15, -0.1) is 0 Å². The lowest BCUT2D eigenvalue weighted by Crippen LogP contribution is -2.29. The molecule has 1 aliphatic heterocycles. The maximum Gasteiger partial charge on any atom is 0.300 e. The third-order valence-electron chi connectivity index (χ3n) is 4.87. The molecule has 3 aromatic rings. The zero-order valence-corrected chi connectivity index (χ0v) is 17.5. The number of ether oxygens (including phenoxy) is 1. The first-order chi connectivity index (χ1) is 14.5. The summed E-state index contributed by atoms with van der Waals surface area (Å²) in [5.74, 6) is -1.17. The zero-order valence-electron chi connectivity index (χ0n) is 15.9. The number of pyridine rings is 1. The van der Waals surface area contributed by atoms with Gasteiger partial charge < -0.3 is 9.84 Å². The Morgan fingerprint density at radius 2 is 1.80 bits per heavy atom. The molecule has 0 aliphatic carbocycles. The Morgan fingerprint density at radius 1 is 1.07 bits per heavy atom. The van der Waals surface area contributed by atoms with Gasteiger partial charge in [-0.2, -0.15) is 0 Å². The van der Waals surface area contributed by atoms with Crippen molar-refractivity contribution in [3.63, 3.8) is 0 Å². The van der Waals surface area contributed by atoms with Crippen molar-refractivity contribution in [1.82, 2.24) is 4.98 Å². The summed E-state index contributed by atoms with van der Waals surface area (Å²) in [5.41, 5.74) is 1.40. The van der Waals surface area contributed by atoms with Gasteiger partial charge in [0.2, 0.25) is 0 Å². The number of amides is 1. The van der Waals surface area contributed by atoms with Gasteiger partial charge in [-0.05, 0) is 58.4 Å². The van der Waals surface area contributed by atoms with Crippen molar-refractivity contribution >= 4 is 39.1 Å². The summed E-state index contributed by atoms with van der Waals surface area (Å²) < 4.78 is 5.84. The zero-order chi connectivity index (χ0) is 21.3. The number of methoxy groups -OCH3 is 1. The number of aliphatic hydroxyl groups is 1. The Balaban J connectivity index is 1.93. The molecule has 2 heterocycles. The number of carbonyl (C=O) groups is 2. The fourth-order valence-electron chi connectivity index (χ4n) is 3.47. The van der Waals surface area contributed by atoms with Crippen molar-refractivity contribution in [1.29, 1.82) is 0 Å². The molecule has 1 N–H and O–H groups in total. The highest BCUT2D eigenvalue weighted by Crippen LogP contribution is 2.41. The van der Waals surface area contributed by atoms with Crippen molar-refractivity contribution in [3.05, 3.63) is 94.2 Å². The predicted octanol–water partition coefficient (Wildman–Crippen LogP) is 4.48. The van der Waals surface area contributed by atoms with E-state index in [9.17, 15) is 14.7 Å². The van der Waals surface area contributed by atoms with Crippen molar-refractivity contribution in [2.75, 3.05) is 12.0 Å². The first-order valence-electron chi connectivity index (χ1n) is 9.14. The summed E-state index contributed by atoms with van der Waals surface area (Å²) in [5, 5.41) is 11.1. The average molecular weight is 465 g/mol.